The van der Waals surface area contributed by atoms with E-state index in [9.17, 15) is 14.4 Å². The summed E-state index contributed by atoms with van der Waals surface area (Å²) in [6.45, 7) is 7.83. The second-order valence-electron chi connectivity index (χ2n) is 8.81. The molecule has 1 aromatic carbocycles. The van der Waals surface area contributed by atoms with E-state index in [1.165, 1.54) is 0 Å². The fraction of sp³-hybridized carbons (Fsp3) is 0.591. The molecule has 1 aromatic rings. The molecule has 2 N–H and O–H groups in total. The average molecular weight is 418 g/mol. The van der Waals surface area contributed by atoms with E-state index in [2.05, 4.69) is 24.5 Å². The SMILES string of the molecule is CC(C)CCC[C@@H](C)NC(=O)CN1C(=O)N[C@@](C)(Cc2ccc3c(c2)OCO3)C1=O. The minimum absolute atomic E-state index is 0.00275. The van der Waals surface area contributed by atoms with Gasteiger partial charge in [-0.15, -0.1) is 0 Å². The molecule has 3 rings (SSSR count). The summed E-state index contributed by atoms with van der Waals surface area (Å²) in [5, 5.41) is 5.62. The first-order chi connectivity index (χ1) is 14.2. The molecule has 1 fully saturated rings. The van der Waals surface area contributed by atoms with Gasteiger partial charge in [-0.25, -0.2) is 4.79 Å². The lowest BCUT2D eigenvalue weighted by atomic mass is 9.92. The minimum atomic E-state index is -1.12. The van der Waals surface area contributed by atoms with Gasteiger partial charge >= 0.3 is 6.03 Å². The summed E-state index contributed by atoms with van der Waals surface area (Å²) in [4.78, 5) is 38.7. The lowest BCUT2D eigenvalue weighted by Gasteiger charge is -2.22. The number of imide groups is 1. The number of hydrogen-bond acceptors (Lipinski definition) is 5. The first kappa shape index (κ1) is 21.9. The van der Waals surface area contributed by atoms with E-state index < -0.39 is 17.5 Å². The fourth-order valence-corrected chi connectivity index (χ4v) is 3.84. The molecule has 0 spiro atoms. The lowest BCUT2D eigenvalue weighted by molar-refractivity contribution is -0.134. The van der Waals surface area contributed by atoms with Crippen molar-refractivity contribution in [3.05, 3.63) is 23.8 Å². The molecule has 0 aliphatic carbocycles. The standard InChI is InChI=1S/C22H31N3O5/c1-14(2)6-5-7-15(3)23-19(26)12-25-20(27)22(4,24-21(25)28)11-16-8-9-17-18(10-16)30-13-29-17/h8-10,14-15H,5-7,11-13H2,1-4H3,(H,23,26)(H,24,28)/t15-,22+/m1/s1. The van der Waals surface area contributed by atoms with Crippen LogP contribution in [0.5, 0.6) is 11.5 Å². The zero-order valence-electron chi connectivity index (χ0n) is 18.1. The third-order valence-electron chi connectivity index (χ3n) is 5.47. The van der Waals surface area contributed by atoms with Gasteiger partial charge in [0.05, 0.1) is 0 Å². The molecule has 4 amide bonds. The highest BCUT2D eigenvalue weighted by molar-refractivity contribution is 6.08. The molecule has 30 heavy (non-hydrogen) atoms. The monoisotopic (exact) mass is 417 g/mol. The molecule has 0 saturated carbocycles. The number of carbonyl (C=O) groups excluding carboxylic acids is 3. The zero-order valence-corrected chi connectivity index (χ0v) is 18.1. The molecule has 164 valence electrons. The van der Waals surface area contributed by atoms with Crippen molar-refractivity contribution in [1.29, 1.82) is 0 Å². The molecule has 2 aliphatic heterocycles. The Bertz CT molecular complexity index is 825. The zero-order chi connectivity index (χ0) is 21.9. The normalized spacial score (nSPS) is 21.2. The van der Waals surface area contributed by atoms with Crippen molar-refractivity contribution in [3.8, 4) is 11.5 Å². The number of rotatable bonds is 9. The maximum absolute atomic E-state index is 13.0. The third-order valence-corrected chi connectivity index (χ3v) is 5.47. The van der Waals surface area contributed by atoms with Gasteiger partial charge in [0.25, 0.3) is 5.91 Å². The van der Waals surface area contributed by atoms with Gasteiger partial charge in [-0.3, -0.25) is 14.5 Å². The molecule has 2 heterocycles. The highest BCUT2D eigenvalue weighted by Crippen LogP contribution is 2.34. The Balaban J connectivity index is 1.56. The van der Waals surface area contributed by atoms with Gasteiger partial charge in [-0.2, -0.15) is 0 Å². The number of amides is 4. The van der Waals surface area contributed by atoms with Crippen molar-refractivity contribution >= 4 is 17.8 Å². The van der Waals surface area contributed by atoms with Crippen LogP contribution in [0.1, 0.15) is 52.5 Å². The third kappa shape index (κ3) is 5.04. The van der Waals surface area contributed by atoms with Crippen LogP contribution in [0.25, 0.3) is 0 Å². The van der Waals surface area contributed by atoms with Gasteiger partial charge < -0.3 is 20.1 Å². The van der Waals surface area contributed by atoms with E-state index in [0.29, 0.717) is 17.4 Å². The minimum Gasteiger partial charge on any atom is -0.454 e. The van der Waals surface area contributed by atoms with Crippen LogP contribution in [-0.2, 0) is 16.0 Å². The molecule has 1 saturated heterocycles. The molecule has 0 unspecified atom stereocenters. The van der Waals surface area contributed by atoms with Crippen LogP contribution < -0.4 is 20.1 Å². The van der Waals surface area contributed by atoms with Crippen LogP contribution in [-0.4, -0.2) is 47.7 Å². The average Bonchev–Trinajstić information content (AvgIpc) is 3.19. The number of ether oxygens (including phenoxy) is 2. The molecular formula is C22H31N3O5. The first-order valence-corrected chi connectivity index (χ1v) is 10.5. The predicted molar refractivity (Wildman–Crippen MR) is 111 cm³/mol. The summed E-state index contributed by atoms with van der Waals surface area (Å²) < 4.78 is 10.7. The number of benzene rings is 1. The van der Waals surface area contributed by atoms with Crippen LogP contribution in [0.2, 0.25) is 0 Å². The van der Waals surface area contributed by atoms with Gasteiger partial charge in [0, 0.05) is 12.5 Å². The Hall–Kier alpha value is -2.77. The Labute approximate surface area is 177 Å². The molecule has 8 heteroatoms. The van der Waals surface area contributed by atoms with Crippen LogP contribution in [0, 0.1) is 5.92 Å². The highest BCUT2D eigenvalue weighted by Gasteiger charge is 2.48. The van der Waals surface area contributed by atoms with Crippen molar-refractivity contribution in [2.75, 3.05) is 13.3 Å². The summed E-state index contributed by atoms with van der Waals surface area (Å²) in [7, 11) is 0. The van der Waals surface area contributed by atoms with E-state index in [4.69, 9.17) is 9.47 Å². The Kier molecular flexibility index (Phi) is 6.53. The van der Waals surface area contributed by atoms with E-state index in [-0.39, 0.29) is 31.7 Å². The molecule has 2 atom stereocenters. The van der Waals surface area contributed by atoms with E-state index in [0.717, 1.165) is 29.7 Å². The summed E-state index contributed by atoms with van der Waals surface area (Å²) >= 11 is 0. The Morgan fingerprint density at radius 2 is 1.93 bits per heavy atom. The summed E-state index contributed by atoms with van der Waals surface area (Å²) in [5.41, 5.74) is -0.283. The molecule has 0 radical (unpaired) electrons. The molecule has 8 nitrogen and oxygen atoms in total. The molecule has 2 aliphatic rings. The molecule has 0 aromatic heterocycles. The van der Waals surface area contributed by atoms with Gasteiger partial charge in [-0.05, 0) is 43.9 Å². The quantitative estimate of drug-likeness (QED) is 0.602. The maximum atomic E-state index is 13.0. The number of nitrogens with zero attached hydrogens (tertiary/aromatic N) is 1. The van der Waals surface area contributed by atoms with Gasteiger partial charge in [-0.1, -0.05) is 32.8 Å². The van der Waals surface area contributed by atoms with E-state index in [1.54, 1.807) is 19.1 Å². The van der Waals surface area contributed by atoms with Gasteiger partial charge in [0.15, 0.2) is 11.5 Å². The number of nitrogens with one attached hydrogen (secondary N) is 2. The van der Waals surface area contributed by atoms with E-state index in [1.807, 2.05) is 13.0 Å². The summed E-state index contributed by atoms with van der Waals surface area (Å²) in [6, 6.07) is 4.88. The topological polar surface area (TPSA) is 97.0 Å². The van der Waals surface area contributed by atoms with Crippen molar-refractivity contribution in [2.24, 2.45) is 5.92 Å². The fourth-order valence-electron chi connectivity index (χ4n) is 3.84. The molecule has 0 bridgehead atoms. The largest absolute Gasteiger partial charge is 0.454 e. The van der Waals surface area contributed by atoms with Crippen LogP contribution in [0.4, 0.5) is 4.79 Å². The van der Waals surface area contributed by atoms with Crippen molar-refractivity contribution in [2.45, 2.75) is 65.0 Å². The van der Waals surface area contributed by atoms with Crippen molar-refractivity contribution in [1.82, 2.24) is 15.5 Å². The first-order valence-electron chi connectivity index (χ1n) is 10.5. The van der Waals surface area contributed by atoms with Crippen molar-refractivity contribution in [3.63, 3.8) is 0 Å². The number of urea groups is 1. The van der Waals surface area contributed by atoms with Crippen LogP contribution in [0.15, 0.2) is 18.2 Å². The number of carbonyl (C=O) groups is 3. The van der Waals surface area contributed by atoms with Crippen LogP contribution in [0.3, 0.4) is 0 Å². The lowest BCUT2D eigenvalue weighted by Crippen LogP contribution is -2.47. The van der Waals surface area contributed by atoms with Crippen LogP contribution >= 0.6 is 0 Å². The predicted octanol–water partition coefficient (Wildman–Crippen LogP) is 2.60. The highest BCUT2D eigenvalue weighted by atomic mass is 16.7. The summed E-state index contributed by atoms with van der Waals surface area (Å²) in [6.07, 6.45) is 3.28. The van der Waals surface area contributed by atoms with E-state index >= 15 is 0 Å². The second-order valence-corrected chi connectivity index (χ2v) is 8.81. The summed E-state index contributed by atoms with van der Waals surface area (Å²) in [5.74, 6) is 1.17. The number of hydrogen-bond donors (Lipinski definition) is 2. The Morgan fingerprint density at radius 1 is 1.20 bits per heavy atom. The van der Waals surface area contributed by atoms with Gasteiger partial charge in [0.1, 0.15) is 12.1 Å². The second kappa shape index (κ2) is 8.93. The van der Waals surface area contributed by atoms with Crippen molar-refractivity contribution < 1.29 is 23.9 Å². The smallest absolute Gasteiger partial charge is 0.325 e. The van der Waals surface area contributed by atoms with Gasteiger partial charge in [0.2, 0.25) is 12.7 Å². The Morgan fingerprint density at radius 3 is 2.67 bits per heavy atom. The maximum Gasteiger partial charge on any atom is 0.325 e. The number of fused-ring (bicyclic) bond motifs is 1. The molecular weight excluding hydrogens is 386 g/mol.